The highest BCUT2D eigenvalue weighted by Gasteiger charge is 2.32. The van der Waals surface area contributed by atoms with E-state index < -0.39 is 29.2 Å². The van der Waals surface area contributed by atoms with Gasteiger partial charge in [-0.3, -0.25) is 0 Å². The predicted octanol–water partition coefficient (Wildman–Crippen LogP) is 4.73. The molecule has 10 heteroatoms. The van der Waals surface area contributed by atoms with Gasteiger partial charge in [-0.1, -0.05) is 16.8 Å². The number of nitrogens with zero attached hydrogens (tertiary/aromatic N) is 4. The number of halogens is 5. The van der Waals surface area contributed by atoms with E-state index in [4.69, 9.17) is 16.1 Å². The normalized spacial score (nSPS) is 17.2. The first-order valence-electron chi connectivity index (χ1n) is 8.48. The van der Waals surface area contributed by atoms with Crippen LogP contribution in [0.5, 0.6) is 0 Å². The number of rotatable bonds is 3. The summed E-state index contributed by atoms with van der Waals surface area (Å²) < 4.78 is 60.3. The standard InChI is InChI=1S/C18H13ClF4N4O/c19-11-5-3-9(4-6-11)17-25-18(28-26-17)10-2-1-7-27(8-10)14-12(20)15(22)24-16(23)13(14)21/h3-6,10H,1-2,7-8H2. The molecule has 1 atom stereocenters. The van der Waals surface area contributed by atoms with E-state index in [2.05, 4.69) is 15.1 Å². The van der Waals surface area contributed by atoms with Gasteiger partial charge in [-0.15, -0.1) is 0 Å². The topological polar surface area (TPSA) is 55.1 Å². The van der Waals surface area contributed by atoms with Crippen molar-refractivity contribution < 1.29 is 22.1 Å². The summed E-state index contributed by atoms with van der Waals surface area (Å²) in [5.41, 5.74) is -0.0745. The van der Waals surface area contributed by atoms with Crippen LogP contribution in [0.2, 0.25) is 5.02 Å². The maximum atomic E-state index is 14.1. The second-order valence-corrected chi connectivity index (χ2v) is 6.85. The average Bonchev–Trinajstić information content (AvgIpc) is 3.18. The van der Waals surface area contributed by atoms with Gasteiger partial charge in [0.2, 0.25) is 23.3 Å². The van der Waals surface area contributed by atoms with E-state index >= 15 is 0 Å². The van der Waals surface area contributed by atoms with Crippen LogP contribution in [0.3, 0.4) is 0 Å². The minimum Gasteiger partial charge on any atom is -0.366 e. The molecule has 3 aromatic rings. The van der Waals surface area contributed by atoms with Gasteiger partial charge in [0.15, 0.2) is 0 Å². The van der Waals surface area contributed by atoms with Crippen molar-refractivity contribution >= 4 is 17.3 Å². The van der Waals surface area contributed by atoms with Crippen molar-refractivity contribution in [2.75, 3.05) is 18.0 Å². The molecule has 5 nitrogen and oxygen atoms in total. The third-order valence-corrected chi connectivity index (χ3v) is 4.86. The Morgan fingerprint density at radius 1 is 1.00 bits per heavy atom. The molecule has 0 aliphatic carbocycles. The molecule has 2 aromatic heterocycles. The fourth-order valence-corrected chi connectivity index (χ4v) is 3.38. The zero-order valence-electron chi connectivity index (χ0n) is 14.3. The van der Waals surface area contributed by atoms with Gasteiger partial charge < -0.3 is 9.42 Å². The number of piperidine rings is 1. The van der Waals surface area contributed by atoms with Gasteiger partial charge in [-0.05, 0) is 37.1 Å². The largest absolute Gasteiger partial charge is 0.366 e. The Labute approximate surface area is 161 Å². The van der Waals surface area contributed by atoms with E-state index in [1.54, 1.807) is 24.3 Å². The Bertz CT molecular complexity index is 985. The molecule has 1 aromatic carbocycles. The molecular weight excluding hydrogens is 400 g/mol. The summed E-state index contributed by atoms with van der Waals surface area (Å²) in [4.78, 5) is 8.17. The molecule has 1 aliphatic heterocycles. The van der Waals surface area contributed by atoms with Crippen LogP contribution in [-0.2, 0) is 0 Å². The SMILES string of the molecule is Fc1nc(F)c(F)c(N2CCCC(c3nc(-c4ccc(Cl)cc4)no3)C2)c1F. The molecule has 1 unspecified atom stereocenters. The molecule has 1 aliphatic rings. The summed E-state index contributed by atoms with van der Waals surface area (Å²) in [5.74, 6) is -6.12. The molecule has 28 heavy (non-hydrogen) atoms. The molecular formula is C18H13ClF4N4O. The van der Waals surface area contributed by atoms with Crippen molar-refractivity contribution in [3.63, 3.8) is 0 Å². The molecule has 1 saturated heterocycles. The van der Waals surface area contributed by atoms with Crippen LogP contribution >= 0.6 is 11.6 Å². The minimum absolute atomic E-state index is 0.0684. The number of aromatic nitrogens is 3. The number of pyridine rings is 1. The van der Waals surface area contributed by atoms with Crippen LogP contribution in [0.1, 0.15) is 24.7 Å². The first-order valence-corrected chi connectivity index (χ1v) is 8.86. The van der Waals surface area contributed by atoms with Crippen molar-refractivity contribution in [1.29, 1.82) is 0 Å². The molecule has 0 amide bonds. The lowest BCUT2D eigenvalue weighted by Gasteiger charge is -2.33. The van der Waals surface area contributed by atoms with Crippen molar-refractivity contribution in [3.05, 3.63) is 58.7 Å². The highest BCUT2D eigenvalue weighted by Crippen LogP contribution is 2.34. The second-order valence-electron chi connectivity index (χ2n) is 6.42. The fraction of sp³-hybridized carbons (Fsp3) is 0.278. The Kier molecular flexibility index (Phi) is 4.92. The minimum atomic E-state index is -1.68. The Balaban J connectivity index is 1.59. The summed E-state index contributed by atoms with van der Waals surface area (Å²) in [5, 5.41) is 4.49. The molecule has 4 rings (SSSR count). The monoisotopic (exact) mass is 412 g/mol. The molecule has 0 radical (unpaired) electrons. The third kappa shape index (κ3) is 3.42. The lowest BCUT2D eigenvalue weighted by atomic mass is 9.97. The molecule has 3 heterocycles. The fourth-order valence-electron chi connectivity index (χ4n) is 3.25. The third-order valence-electron chi connectivity index (χ3n) is 4.61. The van der Waals surface area contributed by atoms with Gasteiger partial charge in [0, 0.05) is 23.7 Å². The maximum absolute atomic E-state index is 14.1. The molecule has 146 valence electrons. The number of benzene rings is 1. The Morgan fingerprint density at radius 3 is 2.36 bits per heavy atom. The van der Waals surface area contributed by atoms with Crippen LogP contribution in [0.4, 0.5) is 23.2 Å². The van der Waals surface area contributed by atoms with Gasteiger partial charge in [0.25, 0.3) is 11.9 Å². The molecule has 0 saturated carbocycles. The van der Waals surface area contributed by atoms with Crippen LogP contribution in [0.15, 0.2) is 28.8 Å². The highest BCUT2D eigenvalue weighted by molar-refractivity contribution is 6.30. The number of anilines is 1. The summed E-state index contributed by atoms with van der Waals surface area (Å²) in [7, 11) is 0. The van der Waals surface area contributed by atoms with E-state index in [-0.39, 0.29) is 24.9 Å². The molecule has 1 fully saturated rings. The average molecular weight is 413 g/mol. The first-order chi connectivity index (χ1) is 13.4. The predicted molar refractivity (Wildman–Crippen MR) is 93.0 cm³/mol. The number of hydrogen-bond donors (Lipinski definition) is 0. The molecule has 0 N–H and O–H groups in total. The second kappa shape index (κ2) is 7.38. The summed E-state index contributed by atoms with van der Waals surface area (Å²) >= 11 is 5.86. The van der Waals surface area contributed by atoms with Gasteiger partial charge >= 0.3 is 0 Å². The van der Waals surface area contributed by atoms with E-state index in [0.717, 1.165) is 0 Å². The van der Waals surface area contributed by atoms with Crippen molar-refractivity contribution in [3.8, 4) is 11.4 Å². The molecule has 0 spiro atoms. The van der Waals surface area contributed by atoms with Crippen molar-refractivity contribution in [2.24, 2.45) is 0 Å². The van der Waals surface area contributed by atoms with Crippen LogP contribution in [0.25, 0.3) is 11.4 Å². The van der Waals surface area contributed by atoms with Gasteiger partial charge in [0.1, 0.15) is 5.69 Å². The Morgan fingerprint density at radius 2 is 1.68 bits per heavy atom. The van der Waals surface area contributed by atoms with E-state index in [9.17, 15) is 17.6 Å². The Hall–Kier alpha value is -2.68. The first kappa shape index (κ1) is 18.7. The van der Waals surface area contributed by atoms with Gasteiger partial charge in [0.05, 0.1) is 5.92 Å². The highest BCUT2D eigenvalue weighted by atomic mass is 35.5. The smallest absolute Gasteiger partial charge is 0.253 e. The maximum Gasteiger partial charge on any atom is 0.253 e. The van der Waals surface area contributed by atoms with Crippen LogP contribution in [-0.4, -0.2) is 28.2 Å². The lowest BCUT2D eigenvalue weighted by molar-refractivity contribution is 0.330. The molecule has 0 bridgehead atoms. The zero-order chi connectivity index (χ0) is 19.8. The summed E-state index contributed by atoms with van der Waals surface area (Å²) in [6.45, 7) is 0.296. The van der Waals surface area contributed by atoms with Crippen molar-refractivity contribution in [2.45, 2.75) is 18.8 Å². The summed E-state index contributed by atoms with van der Waals surface area (Å²) in [6.07, 6.45) is 1.14. The quantitative estimate of drug-likeness (QED) is 0.460. The van der Waals surface area contributed by atoms with Crippen molar-refractivity contribution in [1.82, 2.24) is 15.1 Å². The van der Waals surface area contributed by atoms with Crippen LogP contribution in [0, 0.1) is 23.5 Å². The van der Waals surface area contributed by atoms with Crippen LogP contribution < -0.4 is 4.90 Å². The number of hydrogen-bond acceptors (Lipinski definition) is 5. The zero-order valence-corrected chi connectivity index (χ0v) is 15.1. The van der Waals surface area contributed by atoms with E-state index in [1.807, 2.05) is 0 Å². The van der Waals surface area contributed by atoms with E-state index in [1.165, 1.54) is 4.90 Å². The van der Waals surface area contributed by atoms with E-state index in [0.29, 0.717) is 29.3 Å². The van der Waals surface area contributed by atoms with Gasteiger partial charge in [-0.2, -0.15) is 27.5 Å². The van der Waals surface area contributed by atoms with Gasteiger partial charge in [-0.25, -0.2) is 0 Å². The lowest BCUT2D eigenvalue weighted by Crippen LogP contribution is -2.36. The summed E-state index contributed by atoms with van der Waals surface area (Å²) in [6, 6.07) is 6.84.